The smallest absolute Gasteiger partial charge is 0.260 e. The third kappa shape index (κ3) is 2.98. The Morgan fingerprint density at radius 2 is 1.96 bits per heavy atom. The van der Waals surface area contributed by atoms with Gasteiger partial charge in [0.25, 0.3) is 5.91 Å². The summed E-state index contributed by atoms with van der Waals surface area (Å²) in [6, 6.07) is 4.98. The Labute approximate surface area is 132 Å². The van der Waals surface area contributed by atoms with E-state index < -0.39 is 28.9 Å². The molecule has 1 amide bonds. The molecule has 0 saturated carbocycles. The van der Waals surface area contributed by atoms with Gasteiger partial charge >= 0.3 is 0 Å². The van der Waals surface area contributed by atoms with Gasteiger partial charge in [-0.15, -0.1) is 0 Å². The van der Waals surface area contributed by atoms with Crippen molar-refractivity contribution in [3.05, 3.63) is 53.3 Å². The average molecular weight is 338 g/mol. The van der Waals surface area contributed by atoms with Crippen LogP contribution in [-0.2, 0) is 0 Å². The molecule has 2 aromatic carbocycles. The van der Waals surface area contributed by atoms with E-state index in [0.717, 1.165) is 29.5 Å². The van der Waals surface area contributed by atoms with E-state index in [9.17, 15) is 18.0 Å². The topological polar surface area (TPSA) is 51.2 Å². The molecule has 0 aliphatic rings. The third-order valence-corrected chi connectivity index (χ3v) is 3.96. The number of aromatic nitrogens is 1. The van der Waals surface area contributed by atoms with Crippen LogP contribution in [0.4, 0.5) is 18.3 Å². The maximum absolute atomic E-state index is 13.6. The quantitative estimate of drug-likeness (QED) is 0.786. The van der Waals surface area contributed by atoms with Gasteiger partial charge in [-0.25, -0.2) is 18.2 Å². The molecular formula is C15H9F3N2O2S. The monoisotopic (exact) mass is 338 g/mol. The zero-order chi connectivity index (χ0) is 16.6. The van der Waals surface area contributed by atoms with Gasteiger partial charge in [0.2, 0.25) is 0 Å². The summed E-state index contributed by atoms with van der Waals surface area (Å²) >= 11 is 0.995. The Bertz CT molecular complexity index is 911. The van der Waals surface area contributed by atoms with E-state index in [0.29, 0.717) is 10.2 Å². The maximum Gasteiger partial charge on any atom is 0.260 e. The van der Waals surface area contributed by atoms with Crippen LogP contribution >= 0.6 is 11.3 Å². The van der Waals surface area contributed by atoms with Gasteiger partial charge in [0, 0.05) is 6.07 Å². The Morgan fingerprint density at radius 3 is 2.70 bits per heavy atom. The van der Waals surface area contributed by atoms with Gasteiger partial charge in [-0.1, -0.05) is 11.3 Å². The molecule has 23 heavy (non-hydrogen) atoms. The fourth-order valence-electron chi connectivity index (χ4n) is 2.01. The Balaban J connectivity index is 1.95. The predicted octanol–water partition coefficient (Wildman–Crippen LogP) is 3.97. The second-order valence-corrected chi connectivity index (χ2v) is 5.58. The highest BCUT2D eigenvalue weighted by Gasteiger charge is 2.16. The van der Waals surface area contributed by atoms with Crippen LogP contribution < -0.4 is 10.1 Å². The summed E-state index contributed by atoms with van der Waals surface area (Å²) in [7, 11) is 1.37. The molecule has 0 fully saturated rings. The fourth-order valence-corrected chi connectivity index (χ4v) is 2.92. The van der Waals surface area contributed by atoms with E-state index in [1.54, 1.807) is 0 Å². The van der Waals surface area contributed by atoms with E-state index in [2.05, 4.69) is 10.3 Å². The molecule has 118 valence electrons. The first-order valence-corrected chi connectivity index (χ1v) is 7.20. The number of hydrogen-bond donors (Lipinski definition) is 1. The molecule has 3 rings (SSSR count). The molecule has 0 unspecified atom stereocenters. The molecule has 0 bridgehead atoms. The molecule has 0 aliphatic heterocycles. The van der Waals surface area contributed by atoms with E-state index in [1.165, 1.54) is 19.2 Å². The summed E-state index contributed by atoms with van der Waals surface area (Å²) in [6.45, 7) is 0. The highest BCUT2D eigenvalue weighted by molar-refractivity contribution is 7.22. The number of hydrogen-bond acceptors (Lipinski definition) is 4. The van der Waals surface area contributed by atoms with Crippen LogP contribution in [-0.4, -0.2) is 18.0 Å². The van der Waals surface area contributed by atoms with Crippen molar-refractivity contribution in [2.24, 2.45) is 0 Å². The summed E-state index contributed by atoms with van der Waals surface area (Å²) in [5.74, 6) is -2.72. The number of carbonyl (C=O) groups is 1. The van der Waals surface area contributed by atoms with Crippen molar-refractivity contribution in [3.8, 4) is 5.75 Å². The molecule has 8 heteroatoms. The second-order valence-electron chi connectivity index (χ2n) is 4.55. The van der Waals surface area contributed by atoms with Crippen LogP contribution in [0.1, 0.15) is 10.4 Å². The summed E-state index contributed by atoms with van der Waals surface area (Å²) < 4.78 is 45.6. The van der Waals surface area contributed by atoms with Crippen LogP contribution in [0.5, 0.6) is 5.75 Å². The lowest BCUT2D eigenvalue weighted by Gasteiger charge is -2.03. The number of fused-ring (bicyclic) bond motifs is 1. The molecule has 0 saturated heterocycles. The van der Waals surface area contributed by atoms with Crippen LogP contribution in [0.3, 0.4) is 0 Å². The maximum atomic E-state index is 13.6. The zero-order valence-electron chi connectivity index (χ0n) is 11.7. The van der Waals surface area contributed by atoms with Gasteiger partial charge in [0.1, 0.15) is 28.7 Å². The largest absolute Gasteiger partial charge is 0.494 e. The number of ether oxygens (including phenoxy) is 1. The molecule has 0 spiro atoms. The number of halogens is 3. The fraction of sp³-hybridized carbons (Fsp3) is 0.0667. The first-order valence-electron chi connectivity index (χ1n) is 6.38. The van der Waals surface area contributed by atoms with Crippen LogP contribution in [0.2, 0.25) is 0 Å². The lowest BCUT2D eigenvalue weighted by atomic mass is 10.2. The Hall–Kier alpha value is -2.61. The first-order chi connectivity index (χ1) is 11.0. The van der Waals surface area contributed by atoms with Crippen molar-refractivity contribution in [1.29, 1.82) is 0 Å². The lowest BCUT2D eigenvalue weighted by Crippen LogP contribution is -2.13. The number of amides is 1. The average Bonchev–Trinajstić information content (AvgIpc) is 2.90. The van der Waals surface area contributed by atoms with Gasteiger partial charge in [-0.05, 0) is 24.3 Å². The minimum absolute atomic E-state index is 0.123. The van der Waals surface area contributed by atoms with Crippen LogP contribution in [0.25, 0.3) is 10.2 Å². The SMILES string of the molecule is COc1cc(F)cc2sc(NC(=O)c3cc(F)ccc3F)nc12. The van der Waals surface area contributed by atoms with Gasteiger partial charge < -0.3 is 4.74 Å². The molecule has 1 heterocycles. The highest BCUT2D eigenvalue weighted by Crippen LogP contribution is 2.33. The molecule has 1 N–H and O–H groups in total. The molecular weight excluding hydrogens is 329 g/mol. The summed E-state index contributed by atoms with van der Waals surface area (Å²) in [5.41, 5.74) is -0.0729. The second kappa shape index (κ2) is 5.88. The Kier molecular flexibility index (Phi) is 3.91. The van der Waals surface area contributed by atoms with Gasteiger partial charge in [0.05, 0.1) is 17.4 Å². The Morgan fingerprint density at radius 1 is 1.17 bits per heavy atom. The van der Waals surface area contributed by atoms with E-state index in [1.807, 2.05) is 0 Å². The van der Waals surface area contributed by atoms with Crippen molar-refractivity contribution >= 4 is 32.6 Å². The van der Waals surface area contributed by atoms with E-state index in [-0.39, 0.29) is 10.9 Å². The summed E-state index contributed by atoms with van der Waals surface area (Å²) in [4.78, 5) is 16.1. The van der Waals surface area contributed by atoms with Crippen molar-refractivity contribution < 1.29 is 22.7 Å². The lowest BCUT2D eigenvalue weighted by molar-refractivity contribution is 0.102. The van der Waals surface area contributed by atoms with Crippen molar-refractivity contribution in [2.45, 2.75) is 0 Å². The number of thiazole rings is 1. The number of nitrogens with one attached hydrogen (secondary N) is 1. The molecule has 0 atom stereocenters. The standard InChI is InChI=1S/C15H9F3N2O2S/c1-22-11-5-8(17)6-12-13(11)19-15(23-12)20-14(21)9-4-7(16)2-3-10(9)18/h2-6H,1H3,(H,19,20,21). The van der Waals surface area contributed by atoms with Gasteiger partial charge in [0.15, 0.2) is 5.13 Å². The minimum atomic E-state index is -0.853. The molecule has 4 nitrogen and oxygen atoms in total. The van der Waals surface area contributed by atoms with Gasteiger partial charge in [-0.2, -0.15) is 0 Å². The van der Waals surface area contributed by atoms with Crippen molar-refractivity contribution in [1.82, 2.24) is 4.98 Å². The number of anilines is 1. The summed E-state index contributed by atoms with van der Waals surface area (Å²) in [5, 5.41) is 2.49. The zero-order valence-corrected chi connectivity index (χ0v) is 12.5. The molecule has 3 aromatic rings. The van der Waals surface area contributed by atoms with Crippen LogP contribution in [0, 0.1) is 17.5 Å². The summed E-state index contributed by atoms with van der Waals surface area (Å²) in [6.07, 6.45) is 0. The van der Waals surface area contributed by atoms with E-state index in [4.69, 9.17) is 4.74 Å². The van der Waals surface area contributed by atoms with Crippen molar-refractivity contribution in [3.63, 3.8) is 0 Å². The van der Waals surface area contributed by atoms with Crippen LogP contribution in [0.15, 0.2) is 30.3 Å². The normalized spacial score (nSPS) is 10.8. The molecule has 0 radical (unpaired) electrons. The molecule has 1 aromatic heterocycles. The first kappa shape index (κ1) is 15.3. The number of carbonyl (C=O) groups excluding carboxylic acids is 1. The minimum Gasteiger partial charge on any atom is -0.494 e. The number of nitrogens with zero attached hydrogens (tertiary/aromatic N) is 1. The van der Waals surface area contributed by atoms with Crippen molar-refractivity contribution in [2.75, 3.05) is 12.4 Å². The van der Waals surface area contributed by atoms with Gasteiger partial charge in [-0.3, -0.25) is 10.1 Å². The number of methoxy groups -OCH3 is 1. The highest BCUT2D eigenvalue weighted by atomic mass is 32.1. The van der Waals surface area contributed by atoms with E-state index >= 15 is 0 Å². The molecule has 0 aliphatic carbocycles. The predicted molar refractivity (Wildman–Crippen MR) is 80.4 cm³/mol. The third-order valence-electron chi connectivity index (χ3n) is 3.04. The number of benzene rings is 2. The number of rotatable bonds is 3.